The van der Waals surface area contributed by atoms with E-state index in [1.165, 1.54) is 22.3 Å². The van der Waals surface area contributed by atoms with Crippen LogP contribution in [-0.2, 0) is 0 Å². The van der Waals surface area contributed by atoms with Crippen LogP contribution < -0.4 is 0 Å². The number of aliphatic imine (C=N–C) groups is 1. The summed E-state index contributed by atoms with van der Waals surface area (Å²) in [5, 5.41) is 2.31. The highest BCUT2D eigenvalue weighted by Gasteiger charge is 2.21. The van der Waals surface area contributed by atoms with E-state index in [0.29, 0.717) is 0 Å². The SMILES string of the molecule is C1=C(c2ccccc2)N=C(c2ccccc2)CC1c1ccc(-c2ccc3oc4ccccc4c3c2)cc1. The lowest BCUT2D eigenvalue weighted by atomic mass is 9.86. The molecule has 1 atom stereocenters. The Kier molecular flexibility index (Phi) is 5.29. The van der Waals surface area contributed by atoms with Crippen molar-refractivity contribution in [3.63, 3.8) is 0 Å². The zero-order chi connectivity index (χ0) is 24.6. The van der Waals surface area contributed by atoms with Crippen LogP contribution in [0.3, 0.4) is 0 Å². The molecule has 0 saturated carbocycles. The Hall–Kier alpha value is -4.69. The third-order valence-corrected chi connectivity index (χ3v) is 7.25. The first-order valence-corrected chi connectivity index (χ1v) is 12.7. The number of hydrogen-bond acceptors (Lipinski definition) is 2. The number of nitrogens with zero attached hydrogens (tertiary/aromatic N) is 1. The van der Waals surface area contributed by atoms with Crippen molar-refractivity contribution < 1.29 is 4.42 Å². The van der Waals surface area contributed by atoms with Crippen molar-refractivity contribution in [3.05, 3.63) is 150 Å². The summed E-state index contributed by atoms with van der Waals surface area (Å²) < 4.78 is 6.02. The minimum Gasteiger partial charge on any atom is -0.456 e. The maximum atomic E-state index is 6.02. The van der Waals surface area contributed by atoms with Gasteiger partial charge in [0.05, 0.1) is 5.70 Å². The van der Waals surface area contributed by atoms with Crippen LogP contribution in [0.5, 0.6) is 0 Å². The van der Waals surface area contributed by atoms with Gasteiger partial charge in [0.15, 0.2) is 0 Å². The molecule has 0 bridgehead atoms. The molecule has 1 aliphatic rings. The van der Waals surface area contributed by atoms with Gasteiger partial charge >= 0.3 is 0 Å². The van der Waals surface area contributed by atoms with Crippen LogP contribution in [0, 0.1) is 0 Å². The quantitative estimate of drug-likeness (QED) is 0.249. The van der Waals surface area contributed by atoms with Crippen LogP contribution >= 0.6 is 0 Å². The Morgan fingerprint density at radius 1 is 0.541 bits per heavy atom. The Labute approximate surface area is 216 Å². The molecule has 0 N–H and O–H groups in total. The number of furan rings is 1. The van der Waals surface area contributed by atoms with Gasteiger partial charge in [-0.1, -0.05) is 115 Å². The number of hydrogen-bond donors (Lipinski definition) is 0. The summed E-state index contributed by atoms with van der Waals surface area (Å²) in [6.45, 7) is 0. The van der Waals surface area contributed by atoms with E-state index in [4.69, 9.17) is 9.41 Å². The van der Waals surface area contributed by atoms with Gasteiger partial charge in [-0.25, -0.2) is 0 Å². The molecule has 1 aromatic heterocycles. The minimum atomic E-state index is 0.261. The van der Waals surface area contributed by atoms with Gasteiger partial charge in [0.2, 0.25) is 0 Å². The molecule has 6 aromatic rings. The molecule has 0 amide bonds. The third kappa shape index (κ3) is 4.07. The van der Waals surface area contributed by atoms with E-state index in [0.717, 1.165) is 45.3 Å². The van der Waals surface area contributed by atoms with Gasteiger partial charge in [-0.05, 0) is 46.0 Å². The summed E-state index contributed by atoms with van der Waals surface area (Å²) in [6.07, 6.45) is 3.20. The molecule has 0 saturated heterocycles. The van der Waals surface area contributed by atoms with Gasteiger partial charge < -0.3 is 4.42 Å². The lowest BCUT2D eigenvalue weighted by Crippen LogP contribution is -2.12. The molecule has 2 heterocycles. The number of para-hydroxylation sites is 1. The van der Waals surface area contributed by atoms with E-state index in [2.05, 4.69) is 121 Å². The maximum Gasteiger partial charge on any atom is 0.135 e. The average molecular weight is 476 g/mol. The first-order valence-electron chi connectivity index (χ1n) is 12.7. The first kappa shape index (κ1) is 21.6. The van der Waals surface area contributed by atoms with E-state index in [1.807, 2.05) is 12.1 Å². The summed E-state index contributed by atoms with van der Waals surface area (Å²) in [6, 6.07) is 44.7. The van der Waals surface area contributed by atoms with Crippen molar-refractivity contribution in [1.82, 2.24) is 0 Å². The van der Waals surface area contributed by atoms with Gasteiger partial charge in [-0.15, -0.1) is 0 Å². The molecule has 2 nitrogen and oxygen atoms in total. The van der Waals surface area contributed by atoms with Crippen LogP contribution in [-0.4, -0.2) is 5.71 Å². The van der Waals surface area contributed by atoms with Crippen molar-refractivity contribution in [2.75, 3.05) is 0 Å². The summed E-state index contributed by atoms with van der Waals surface area (Å²) in [5.74, 6) is 0.261. The Balaban J connectivity index is 1.24. The van der Waals surface area contributed by atoms with Crippen molar-refractivity contribution >= 4 is 33.3 Å². The van der Waals surface area contributed by atoms with Crippen LogP contribution in [0.15, 0.2) is 143 Å². The fourth-order valence-corrected chi connectivity index (χ4v) is 5.31. The molecule has 5 aromatic carbocycles. The van der Waals surface area contributed by atoms with Crippen LogP contribution in [0.1, 0.15) is 29.0 Å². The highest BCUT2D eigenvalue weighted by Crippen LogP contribution is 2.36. The zero-order valence-electron chi connectivity index (χ0n) is 20.3. The average Bonchev–Trinajstić information content (AvgIpc) is 3.36. The van der Waals surface area contributed by atoms with Gasteiger partial charge in [0.1, 0.15) is 11.2 Å². The Morgan fingerprint density at radius 2 is 1.19 bits per heavy atom. The van der Waals surface area contributed by atoms with Crippen LogP contribution in [0.4, 0.5) is 0 Å². The zero-order valence-corrected chi connectivity index (χ0v) is 20.3. The molecular formula is C35H25NO. The fourth-order valence-electron chi connectivity index (χ4n) is 5.31. The summed E-state index contributed by atoms with van der Waals surface area (Å²) in [7, 11) is 0. The smallest absolute Gasteiger partial charge is 0.135 e. The van der Waals surface area contributed by atoms with Crippen molar-refractivity contribution in [3.8, 4) is 11.1 Å². The molecule has 176 valence electrons. The van der Waals surface area contributed by atoms with Gasteiger partial charge in [-0.3, -0.25) is 4.99 Å². The topological polar surface area (TPSA) is 25.5 Å². The molecule has 1 unspecified atom stereocenters. The number of benzene rings is 5. The highest BCUT2D eigenvalue weighted by atomic mass is 16.3. The summed E-state index contributed by atoms with van der Waals surface area (Å²) in [4.78, 5) is 5.08. The molecule has 1 aliphatic heterocycles. The standard InChI is InChI=1S/C35H25NO/c1-3-9-26(10-4-1)32-22-29(23-33(36-32)27-11-5-2-6-12-27)25-17-15-24(16-18-25)28-19-20-35-31(21-28)30-13-7-8-14-34(30)37-35/h1-22,29H,23H2. The molecule has 37 heavy (non-hydrogen) atoms. The number of allylic oxidation sites excluding steroid dienone is 1. The van der Waals surface area contributed by atoms with E-state index in [1.54, 1.807) is 0 Å². The molecule has 0 radical (unpaired) electrons. The highest BCUT2D eigenvalue weighted by molar-refractivity contribution is 6.06. The van der Waals surface area contributed by atoms with E-state index in [-0.39, 0.29) is 5.92 Å². The fraction of sp³-hybridized carbons (Fsp3) is 0.0571. The first-order chi connectivity index (χ1) is 18.3. The second-order valence-corrected chi connectivity index (χ2v) is 9.58. The van der Waals surface area contributed by atoms with Crippen molar-refractivity contribution in [2.24, 2.45) is 4.99 Å². The van der Waals surface area contributed by atoms with Gasteiger partial charge in [0.25, 0.3) is 0 Å². The normalized spacial score (nSPS) is 15.5. The molecule has 0 fully saturated rings. The molecule has 0 spiro atoms. The Bertz CT molecular complexity index is 1770. The summed E-state index contributed by atoms with van der Waals surface area (Å²) >= 11 is 0. The van der Waals surface area contributed by atoms with E-state index in [9.17, 15) is 0 Å². The maximum absolute atomic E-state index is 6.02. The predicted molar refractivity (Wildman–Crippen MR) is 154 cm³/mol. The monoisotopic (exact) mass is 475 g/mol. The second kappa shape index (κ2) is 9.07. The largest absolute Gasteiger partial charge is 0.456 e. The lowest BCUT2D eigenvalue weighted by Gasteiger charge is -2.22. The number of fused-ring (bicyclic) bond motifs is 3. The predicted octanol–water partition coefficient (Wildman–Crippen LogP) is 9.27. The molecular weight excluding hydrogens is 450 g/mol. The minimum absolute atomic E-state index is 0.261. The third-order valence-electron chi connectivity index (χ3n) is 7.25. The molecule has 7 rings (SSSR count). The van der Waals surface area contributed by atoms with Gasteiger partial charge in [-0.2, -0.15) is 0 Å². The Morgan fingerprint density at radius 3 is 1.97 bits per heavy atom. The second-order valence-electron chi connectivity index (χ2n) is 9.58. The van der Waals surface area contributed by atoms with Gasteiger partial charge in [0, 0.05) is 28.8 Å². The lowest BCUT2D eigenvalue weighted by molar-refractivity contribution is 0.669. The van der Waals surface area contributed by atoms with E-state index < -0.39 is 0 Å². The van der Waals surface area contributed by atoms with Crippen LogP contribution in [0.25, 0.3) is 38.8 Å². The van der Waals surface area contributed by atoms with Crippen molar-refractivity contribution in [1.29, 1.82) is 0 Å². The molecule has 0 aliphatic carbocycles. The summed E-state index contributed by atoms with van der Waals surface area (Å²) in [5.41, 5.74) is 10.1. The molecule has 2 heteroatoms. The van der Waals surface area contributed by atoms with Crippen molar-refractivity contribution in [2.45, 2.75) is 12.3 Å². The number of rotatable bonds is 4. The van der Waals surface area contributed by atoms with Crippen LogP contribution in [0.2, 0.25) is 0 Å². The van der Waals surface area contributed by atoms with E-state index >= 15 is 0 Å².